The lowest BCUT2D eigenvalue weighted by atomic mass is 10.2. The molecule has 0 atom stereocenters. The van der Waals surface area contributed by atoms with E-state index >= 15 is 0 Å². The highest BCUT2D eigenvalue weighted by atomic mass is 35.5. The van der Waals surface area contributed by atoms with Gasteiger partial charge in [-0.1, -0.05) is 29.3 Å². The minimum Gasteiger partial charge on any atom is -0.493 e. The fraction of sp³-hybridized carbons (Fsp3) is 0.0556. The topological polar surface area (TPSA) is 70.4 Å². The first kappa shape index (κ1) is 18.0. The Bertz CT molecular complexity index is 1030. The number of benzene rings is 2. The lowest BCUT2D eigenvalue weighted by molar-refractivity contribution is 0.112. The van der Waals surface area contributed by atoms with Crippen molar-refractivity contribution in [3.63, 3.8) is 0 Å². The second-order valence-electron chi connectivity index (χ2n) is 5.15. The number of hydrogen-bond donors (Lipinski definition) is 0. The molecule has 0 bridgehead atoms. The van der Waals surface area contributed by atoms with E-state index in [1.165, 1.54) is 31.5 Å². The summed E-state index contributed by atoms with van der Waals surface area (Å²) in [5.41, 5.74) is 0.305. The van der Waals surface area contributed by atoms with E-state index in [2.05, 4.69) is 5.10 Å². The molecular weight excluding hydrogens is 379 g/mol. The van der Waals surface area contributed by atoms with E-state index in [1.54, 1.807) is 24.3 Å². The lowest BCUT2D eigenvalue weighted by Gasteiger charge is -2.12. The molecule has 3 rings (SSSR count). The van der Waals surface area contributed by atoms with Crippen molar-refractivity contribution in [1.29, 1.82) is 0 Å². The Balaban J connectivity index is 2.08. The summed E-state index contributed by atoms with van der Waals surface area (Å²) in [5.74, 6) is 0.399. The van der Waals surface area contributed by atoms with Crippen molar-refractivity contribution in [2.24, 2.45) is 0 Å². The molecule has 26 heavy (non-hydrogen) atoms. The Morgan fingerprint density at radius 3 is 2.62 bits per heavy atom. The summed E-state index contributed by atoms with van der Waals surface area (Å²) in [6, 6.07) is 11.2. The quantitative estimate of drug-likeness (QED) is 0.611. The molecule has 0 aliphatic rings. The van der Waals surface area contributed by atoms with Gasteiger partial charge >= 0.3 is 5.56 Å². The standard InChI is InChI=1S/C18H12Cl2N2O4/c1-25-16-7-11(10-23)5-6-15(16)26-17-14(20)9-21-22(18(17)24)13-4-2-3-12(19)8-13/h2-10H,1H3. The lowest BCUT2D eigenvalue weighted by Crippen LogP contribution is -2.22. The Hall–Kier alpha value is -2.83. The largest absolute Gasteiger partial charge is 0.493 e. The number of nitrogens with zero attached hydrogens (tertiary/aromatic N) is 2. The molecule has 0 aliphatic heterocycles. The maximum absolute atomic E-state index is 12.8. The van der Waals surface area contributed by atoms with Crippen molar-refractivity contribution >= 4 is 29.5 Å². The zero-order valence-electron chi connectivity index (χ0n) is 13.5. The molecule has 0 fully saturated rings. The van der Waals surface area contributed by atoms with E-state index in [9.17, 15) is 9.59 Å². The Morgan fingerprint density at radius 2 is 1.92 bits per heavy atom. The summed E-state index contributed by atoms with van der Waals surface area (Å²) in [6.45, 7) is 0. The van der Waals surface area contributed by atoms with Gasteiger partial charge in [-0.05, 0) is 36.4 Å². The first-order chi connectivity index (χ1) is 12.5. The van der Waals surface area contributed by atoms with Crippen LogP contribution in [-0.2, 0) is 0 Å². The summed E-state index contributed by atoms with van der Waals surface area (Å²) in [6.07, 6.45) is 1.98. The Labute approximate surface area is 158 Å². The van der Waals surface area contributed by atoms with Gasteiger partial charge in [0.05, 0.1) is 19.0 Å². The fourth-order valence-electron chi connectivity index (χ4n) is 2.25. The van der Waals surface area contributed by atoms with E-state index in [4.69, 9.17) is 32.7 Å². The zero-order valence-corrected chi connectivity index (χ0v) is 15.0. The molecule has 0 aliphatic carbocycles. The molecule has 1 aromatic heterocycles. The molecule has 0 unspecified atom stereocenters. The van der Waals surface area contributed by atoms with Gasteiger partial charge < -0.3 is 9.47 Å². The van der Waals surface area contributed by atoms with Crippen LogP contribution < -0.4 is 15.0 Å². The summed E-state index contributed by atoms with van der Waals surface area (Å²) < 4.78 is 12.0. The van der Waals surface area contributed by atoms with Crippen molar-refractivity contribution in [2.45, 2.75) is 0 Å². The minimum absolute atomic E-state index is 0.0368. The smallest absolute Gasteiger partial charge is 0.316 e. The number of hydrogen-bond acceptors (Lipinski definition) is 5. The first-order valence-corrected chi connectivity index (χ1v) is 8.14. The highest BCUT2D eigenvalue weighted by molar-refractivity contribution is 6.32. The van der Waals surface area contributed by atoms with Crippen LogP contribution in [0.5, 0.6) is 17.2 Å². The molecule has 1 heterocycles. The number of halogens is 2. The maximum Gasteiger partial charge on any atom is 0.316 e. The minimum atomic E-state index is -0.568. The van der Waals surface area contributed by atoms with E-state index in [-0.39, 0.29) is 22.3 Å². The second-order valence-corrected chi connectivity index (χ2v) is 5.99. The zero-order chi connectivity index (χ0) is 18.7. The van der Waals surface area contributed by atoms with Crippen LogP contribution in [0, 0.1) is 0 Å². The van der Waals surface area contributed by atoms with Crippen LogP contribution in [0.15, 0.2) is 53.5 Å². The predicted octanol–water partition coefficient (Wildman–Crippen LogP) is 4.15. The van der Waals surface area contributed by atoms with Crippen molar-refractivity contribution < 1.29 is 14.3 Å². The number of methoxy groups -OCH3 is 1. The molecule has 132 valence electrons. The summed E-state index contributed by atoms with van der Waals surface area (Å²) in [4.78, 5) is 23.7. The number of aromatic nitrogens is 2. The van der Waals surface area contributed by atoms with Gasteiger partial charge in [0.25, 0.3) is 0 Å². The SMILES string of the molecule is COc1cc(C=O)ccc1Oc1c(Cl)cnn(-c2cccc(Cl)c2)c1=O. The van der Waals surface area contributed by atoms with Crippen molar-refractivity contribution in [2.75, 3.05) is 7.11 Å². The van der Waals surface area contributed by atoms with Crippen LogP contribution in [0.3, 0.4) is 0 Å². The number of rotatable bonds is 5. The fourth-order valence-corrected chi connectivity index (χ4v) is 2.60. The van der Waals surface area contributed by atoms with Gasteiger partial charge in [-0.15, -0.1) is 0 Å². The van der Waals surface area contributed by atoms with E-state index < -0.39 is 5.56 Å². The van der Waals surface area contributed by atoms with Gasteiger partial charge in [0, 0.05) is 10.6 Å². The summed E-state index contributed by atoms with van der Waals surface area (Å²) in [5, 5.41) is 4.51. The molecule has 3 aromatic rings. The van der Waals surface area contributed by atoms with Gasteiger partial charge in [-0.3, -0.25) is 9.59 Å². The molecule has 2 aromatic carbocycles. The Morgan fingerprint density at radius 1 is 1.12 bits per heavy atom. The van der Waals surface area contributed by atoms with E-state index in [0.717, 1.165) is 4.68 Å². The van der Waals surface area contributed by atoms with Crippen molar-refractivity contribution in [3.8, 4) is 22.9 Å². The summed E-state index contributed by atoms with van der Waals surface area (Å²) in [7, 11) is 1.43. The average molecular weight is 391 g/mol. The van der Waals surface area contributed by atoms with Gasteiger partial charge in [0.2, 0.25) is 5.75 Å². The second kappa shape index (κ2) is 7.59. The van der Waals surface area contributed by atoms with E-state index in [0.29, 0.717) is 22.6 Å². The van der Waals surface area contributed by atoms with Gasteiger partial charge in [-0.2, -0.15) is 9.78 Å². The molecule has 0 radical (unpaired) electrons. The predicted molar refractivity (Wildman–Crippen MR) is 98.3 cm³/mol. The van der Waals surface area contributed by atoms with Gasteiger partial charge in [-0.25, -0.2) is 0 Å². The third-order valence-electron chi connectivity index (χ3n) is 3.48. The number of carbonyl (C=O) groups excluding carboxylic acids is 1. The van der Waals surface area contributed by atoms with Crippen LogP contribution in [0.1, 0.15) is 10.4 Å². The molecule has 6 nitrogen and oxygen atoms in total. The van der Waals surface area contributed by atoms with Crippen LogP contribution >= 0.6 is 23.2 Å². The normalized spacial score (nSPS) is 10.4. The number of aldehydes is 1. The van der Waals surface area contributed by atoms with Crippen LogP contribution in [-0.4, -0.2) is 23.2 Å². The number of carbonyl (C=O) groups is 1. The van der Waals surface area contributed by atoms with Crippen LogP contribution in [0.4, 0.5) is 0 Å². The molecule has 0 N–H and O–H groups in total. The molecular formula is C18H12Cl2N2O4. The first-order valence-electron chi connectivity index (χ1n) is 7.38. The van der Waals surface area contributed by atoms with E-state index in [1.807, 2.05) is 0 Å². The van der Waals surface area contributed by atoms with Crippen LogP contribution in [0.2, 0.25) is 10.0 Å². The molecule has 0 saturated heterocycles. The molecule has 0 spiro atoms. The van der Waals surface area contributed by atoms with Gasteiger partial charge in [0.15, 0.2) is 11.5 Å². The monoisotopic (exact) mass is 390 g/mol. The van der Waals surface area contributed by atoms with Crippen molar-refractivity contribution in [1.82, 2.24) is 9.78 Å². The maximum atomic E-state index is 12.8. The van der Waals surface area contributed by atoms with Gasteiger partial charge in [0.1, 0.15) is 11.3 Å². The highest BCUT2D eigenvalue weighted by Gasteiger charge is 2.16. The molecule has 0 amide bonds. The third-order valence-corrected chi connectivity index (χ3v) is 3.98. The molecule has 0 saturated carbocycles. The average Bonchev–Trinajstić information content (AvgIpc) is 2.65. The third kappa shape index (κ3) is 3.56. The summed E-state index contributed by atoms with van der Waals surface area (Å²) >= 11 is 12.1. The Kier molecular flexibility index (Phi) is 5.25. The highest BCUT2D eigenvalue weighted by Crippen LogP contribution is 2.33. The van der Waals surface area contributed by atoms with Crippen LogP contribution in [0.25, 0.3) is 5.69 Å². The number of ether oxygens (including phenoxy) is 2. The molecule has 8 heteroatoms. The van der Waals surface area contributed by atoms with Crippen molar-refractivity contribution in [3.05, 3.63) is 74.6 Å².